The lowest BCUT2D eigenvalue weighted by molar-refractivity contribution is 1.10. The van der Waals surface area contributed by atoms with Gasteiger partial charge in [0.05, 0.1) is 28.4 Å². The fourth-order valence-corrected chi connectivity index (χ4v) is 3.86. The van der Waals surface area contributed by atoms with Gasteiger partial charge in [-0.2, -0.15) is 5.10 Å². The van der Waals surface area contributed by atoms with E-state index in [-0.39, 0.29) is 0 Å². The van der Waals surface area contributed by atoms with E-state index in [1.807, 2.05) is 49.6 Å². The van der Waals surface area contributed by atoms with Crippen molar-refractivity contribution in [1.29, 1.82) is 0 Å². The van der Waals surface area contributed by atoms with E-state index >= 15 is 0 Å². The summed E-state index contributed by atoms with van der Waals surface area (Å²) in [5, 5.41) is 8.56. The van der Waals surface area contributed by atoms with Gasteiger partial charge in [-0.3, -0.25) is 20.1 Å². The van der Waals surface area contributed by atoms with Crippen molar-refractivity contribution in [2.24, 2.45) is 0 Å². The van der Waals surface area contributed by atoms with Crippen LogP contribution < -0.4 is 0 Å². The average molecular weight is 403 g/mol. The third-order valence-electron chi connectivity index (χ3n) is 5.35. The average Bonchev–Trinajstić information content (AvgIpc) is 3.43. The number of hydrogen-bond donors (Lipinski definition) is 2. The van der Waals surface area contributed by atoms with Crippen LogP contribution in [-0.2, 0) is 0 Å². The summed E-state index contributed by atoms with van der Waals surface area (Å²) in [6, 6.07) is 14.2. The number of hydrogen-bond acceptors (Lipinski definition) is 5. The molecule has 0 amide bonds. The molecule has 6 rings (SSSR count). The second kappa shape index (κ2) is 6.84. The molecule has 0 unspecified atom stereocenters. The molecule has 2 N–H and O–H groups in total. The molecule has 0 radical (unpaired) electrons. The number of fused-ring (bicyclic) bond motifs is 2. The van der Waals surface area contributed by atoms with Crippen LogP contribution in [0.2, 0.25) is 0 Å². The smallest absolute Gasteiger partial charge is 0.159 e. The van der Waals surface area contributed by atoms with Crippen LogP contribution in [0.1, 0.15) is 5.56 Å². The Hall–Kier alpha value is -4.39. The van der Waals surface area contributed by atoms with Crippen molar-refractivity contribution in [2.75, 3.05) is 0 Å². The van der Waals surface area contributed by atoms with Crippen LogP contribution in [0.15, 0.2) is 73.4 Å². The second-order valence-electron chi connectivity index (χ2n) is 7.46. The molecule has 31 heavy (non-hydrogen) atoms. The molecule has 7 heteroatoms. The zero-order valence-corrected chi connectivity index (χ0v) is 16.7. The summed E-state index contributed by atoms with van der Waals surface area (Å²) in [7, 11) is 0. The summed E-state index contributed by atoms with van der Waals surface area (Å²) in [5.74, 6) is 0.710. The molecule has 1 aromatic carbocycles. The van der Waals surface area contributed by atoms with Crippen LogP contribution >= 0.6 is 0 Å². The van der Waals surface area contributed by atoms with E-state index < -0.39 is 0 Å². The van der Waals surface area contributed by atoms with Gasteiger partial charge in [0, 0.05) is 41.3 Å². The molecule has 0 saturated heterocycles. The van der Waals surface area contributed by atoms with E-state index in [9.17, 15) is 0 Å². The number of nitrogens with zero attached hydrogens (tertiary/aromatic N) is 5. The fourth-order valence-electron chi connectivity index (χ4n) is 3.86. The lowest BCUT2D eigenvalue weighted by atomic mass is 10.1. The highest BCUT2D eigenvalue weighted by Gasteiger charge is 2.16. The molecular weight excluding hydrogens is 386 g/mol. The van der Waals surface area contributed by atoms with Gasteiger partial charge < -0.3 is 4.98 Å². The van der Waals surface area contributed by atoms with Crippen LogP contribution in [0.25, 0.3) is 55.8 Å². The predicted molar refractivity (Wildman–Crippen MR) is 120 cm³/mol. The van der Waals surface area contributed by atoms with Crippen LogP contribution in [-0.4, -0.2) is 35.1 Å². The molecule has 0 aliphatic heterocycles. The maximum absolute atomic E-state index is 4.91. The first-order valence-corrected chi connectivity index (χ1v) is 9.92. The number of aromatic amines is 2. The Morgan fingerprint density at radius 3 is 2.61 bits per heavy atom. The fraction of sp³-hybridized carbons (Fsp3) is 0.0417. The lowest BCUT2D eigenvalue weighted by Gasteiger charge is -2.02. The Kier molecular flexibility index (Phi) is 3.86. The van der Waals surface area contributed by atoms with E-state index in [0.29, 0.717) is 5.82 Å². The zero-order valence-electron chi connectivity index (χ0n) is 16.7. The van der Waals surface area contributed by atoms with E-state index in [4.69, 9.17) is 4.98 Å². The van der Waals surface area contributed by atoms with Gasteiger partial charge in [0.25, 0.3) is 0 Å². The third kappa shape index (κ3) is 2.95. The zero-order chi connectivity index (χ0) is 20.8. The number of pyridine rings is 3. The van der Waals surface area contributed by atoms with E-state index in [1.54, 1.807) is 18.6 Å². The first-order chi connectivity index (χ1) is 15.3. The van der Waals surface area contributed by atoms with Crippen molar-refractivity contribution in [1.82, 2.24) is 35.1 Å². The summed E-state index contributed by atoms with van der Waals surface area (Å²) in [4.78, 5) is 21.3. The molecule has 0 aliphatic rings. The monoisotopic (exact) mass is 403 g/mol. The van der Waals surface area contributed by atoms with Gasteiger partial charge >= 0.3 is 0 Å². The normalized spacial score (nSPS) is 11.4. The van der Waals surface area contributed by atoms with Gasteiger partial charge in [0.15, 0.2) is 5.82 Å². The molecule has 0 spiro atoms. The highest BCUT2D eigenvalue weighted by molar-refractivity contribution is 5.97. The number of benzene rings is 1. The molecule has 0 bridgehead atoms. The Bertz CT molecular complexity index is 1550. The van der Waals surface area contributed by atoms with Crippen molar-refractivity contribution in [3.05, 3.63) is 79.0 Å². The third-order valence-corrected chi connectivity index (χ3v) is 5.35. The summed E-state index contributed by atoms with van der Waals surface area (Å²) in [6.07, 6.45) is 9.03. The second-order valence-corrected chi connectivity index (χ2v) is 7.46. The van der Waals surface area contributed by atoms with Crippen LogP contribution in [0.3, 0.4) is 0 Å². The van der Waals surface area contributed by atoms with Crippen molar-refractivity contribution in [3.63, 3.8) is 0 Å². The Morgan fingerprint density at radius 1 is 0.839 bits per heavy atom. The molecule has 0 atom stereocenters. The lowest BCUT2D eigenvalue weighted by Crippen LogP contribution is -1.87. The summed E-state index contributed by atoms with van der Waals surface area (Å²) >= 11 is 0. The first kappa shape index (κ1) is 17.5. The van der Waals surface area contributed by atoms with Crippen LogP contribution in [0, 0.1) is 6.92 Å². The number of aromatic nitrogens is 7. The predicted octanol–water partition coefficient (Wildman–Crippen LogP) is 4.93. The van der Waals surface area contributed by atoms with Crippen molar-refractivity contribution in [3.8, 4) is 33.9 Å². The molecular formula is C24H17N7. The Balaban J connectivity index is 1.51. The first-order valence-electron chi connectivity index (χ1n) is 9.92. The maximum Gasteiger partial charge on any atom is 0.159 e. The maximum atomic E-state index is 4.91. The van der Waals surface area contributed by atoms with E-state index in [0.717, 1.165) is 55.6 Å². The largest absolute Gasteiger partial charge is 0.337 e. The number of H-pyrrole nitrogens is 2. The minimum absolute atomic E-state index is 0.710. The van der Waals surface area contributed by atoms with Gasteiger partial charge in [0.1, 0.15) is 5.69 Å². The molecule has 0 saturated carbocycles. The molecule has 0 aliphatic carbocycles. The minimum Gasteiger partial charge on any atom is -0.337 e. The number of imidazole rings is 1. The van der Waals surface area contributed by atoms with Gasteiger partial charge in [-0.25, -0.2) is 4.98 Å². The van der Waals surface area contributed by atoms with Gasteiger partial charge in [0.2, 0.25) is 0 Å². The van der Waals surface area contributed by atoms with Crippen molar-refractivity contribution >= 4 is 21.9 Å². The Labute approximate surface area is 177 Å². The SMILES string of the molecule is Cc1cncc(-c2cc3c(-c4nc5c(-c6ccncc6)cccc5[nH]4)n[nH]c3cn2)c1. The van der Waals surface area contributed by atoms with E-state index in [1.165, 1.54) is 0 Å². The quantitative estimate of drug-likeness (QED) is 0.437. The summed E-state index contributed by atoms with van der Waals surface area (Å²) in [6.45, 7) is 2.02. The highest BCUT2D eigenvalue weighted by Crippen LogP contribution is 2.32. The highest BCUT2D eigenvalue weighted by atomic mass is 15.1. The Morgan fingerprint density at radius 2 is 1.74 bits per heavy atom. The number of para-hydroxylation sites is 1. The molecule has 5 aromatic heterocycles. The van der Waals surface area contributed by atoms with Crippen molar-refractivity contribution < 1.29 is 0 Å². The van der Waals surface area contributed by atoms with Crippen LogP contribution in [0.5, 0.6) is 0 Å². The number of aryl methyl sites for hydroxylation is 1. The van der Waals surface area contributed by atoms with Gasteiger partial charge in [-0.1, -0.05) is 12.1 Å². The summed E-state index contributed by atoms with van der Waals surface area (Å²) in [5.41, 5.74) is 8.51. The molecule has 5 heterocycles. The minimum atomic E-state index is 0.710. The van der Waals surface area contributed by atoms with Gasteiger partial charge in [-0.15, -0.1) is 0 Å². The molecule has 0 fully saturated rings. The topological polar surface area (TPSA) is 96.0 Å². The standard InChI is InChI=1S/C24H17N7/c1-14-9-16(12-26-11-14)20-10-18-21(13-27-20)30-31-23(18)24-28-19-4-2-3-17(22(19)29-24)15-5-7-25-8-6-15/h2-13H,1H3,(H,28,29)(H,30,31). The van der Waals surface area contributed by atoms with Crippen molar-refractivity contribution in [2.45, 2.75) is 6.92 Å². The van der Waals surface area contributed by atoms with Gasteiger partial charge in [-0.05, 0) is 48.4 Å². The van der Waals surface area contributed by atoms with Crippen LogP contribution in [0.4, 0.5) is 0 Å². The van der Waals surface area contributed by atoms with E-state index in [2.05, 4.69) is 42.3 Å². The molecule has 6 aromatic rings. The molecule has 7 nitrogen and oxygen atoms in total. The summed E-state index contributed by atoms with van der Waals surface area (Å²) < 4.78 is 0. The molecule has 148 valence electrons. The number of rotatable bonds is 3. The number of nitrogens with one attached hydrogen (secondary N) is 2.